The Morgan fingerprint density at radius 1 is 1.06 bits per heavy atom. The second-order valence-corrected chi connectivity index (χ2v) is 9.33. The van der Waals surface area contributed by atoms with Gasteiger partial charge in [0, 0.05) is 52.0 Å². The highest BCUT2D eigenvalue weighted by atomic mass is 16.5. The summed E-state index contributed by atoms with van der Waals surface area (Å²) in [5.74, 6) is 0.760. The van der Waals surface area contributed by atoms with Crippen molar-refractivity contribution >= 4 is 11.8 Å². The first kappa shape index (κ1) is 23.2. The van der Waals surface area contributed by atoms with Gasteiger partial charge in [0.1, 0.15) is 11.4 Å². The van der Waals surface area contributed by atoms with Gasteiger partial charge in [0.15, 0.2) is 0 Å². The molecule has 0 spiro atoms. The van der Waals surface area contributed by atoms with Gasteiger partial charge in [-0.05, 0) is 68.0 Å². The number of carbonyl (C=O) groups excluding carboxylic acids is 2. The summed E-state index contributed by atoms with van der Waals surface area (Å²) in [5, 5.41) is 0. The third kappa shape index (κ3) is 4.47. The highest BCUT2D eigenvalue weighted by Crippen LogP contribution is 2.39. The Morgan fingerprint density at radius 2 is 1.85 bits per heavy atom. The molecule has 2 aliphatic rings. The summed E-state index contributed by atoms with van der Waals surface area (Å²) in [6.07, 6.45) is 4.92. The largest absolute Gasteiger partial charge is 0.496 e. The number of methoxy groups -OCH3 is 1. The molecule has 3 heterocycles. The highest BCUT2D eigenvalue weighted by molar-refractivity contribution is 5.96. The predicted molar refractivity (Wildman–Crippen MR) is 128 cm³/mol. The number of piperidine rings is 1. The maximum Gasteiger partial charge on any atom is 0.271 e. The minimum Gasteiger partial charge on any atom is -0.496 e. The Labute approximate surface area is 196 Å². The Balaban J connectivity index is 1.48. The van der Waals surface area contributed by atoms with Gasteiger partial charge in [0.2, 0.25) is 0 Å². The van der Waals surface area contributed by atoms with Crippen molar-refractivity contribution in [3.05, 3.63) is 58.4 Å². The van der Waals surface area contributed by atoms with Gasteiger partial charge in [-0.3, -0.25) is 19.5 Å². The van der Waals surface area contributed by atoms with E-state index in [4.69, 9.17) is 4.74 Å². The second kappa shape index (κ2) is 9.51. The molecule has 2 aliphatic heterocycles. The number of rotatable bonds is 4. The summed E-state index contributed by atoms with van der Waals surface area (Å²) in [7, 11) is 5.10. The lowest BCUT2D eigenvalue weighted by molar-refractivity contribution is 0.0101. The average molecular weight is 451 g/mol. The van der Waals surface area contributed by atoms with Crippen molar-refractivity contribution in [2.75, 3.05) is 40.8 Å². The van der Waals surface area contributed by atoms with Crippen molar-refractivity contribution in [3.8, 4) is 5.75 Å². The van der Waals surface area contributed by atoms with Gasteiger partial charge >= 0.3 is 0 Å². The Hall–Kier alpha value is -2.93. The molecule has 0 bridgehead atoms. The molecule has 0 radical (unpaired) electrons. The van der Waals surface area contributed by atoms with E-state index < -0.39 is 0 Å². The fraction of sp³-hybridized carbons (Fsp3) is 0.500. The molecule has 7 nitrogen and oxygen atoms in total. The van der Waals surface area contributed by atoms with Gasteiger partial charge in [0.05, 0.1) is 12.7 Å². The molecule has 0 saturated carbocycles. The summed E-state index contributed by atoms with van der Waals surface area (Å²) in [4.78, 5) is 35.5. The van der Waals surface area contributed by atoms with Crippen molar-refractivity contribution < 1.29 is 14.3 Å². The van der Waals surface area contributed by atoms with Crippen LogP contribution in [0.2, 0.25) is 0 Å². The fourth-order valence-corrected chi connectivity index (χ4v) is 5.23. The summed E-state index contributed by atoms with van der Waals surface area (Å²) in [6, 6.07) is 8.38. The SMILES string of the molecule is COc1ccc([C@H]2CCC[C@H]3CN(C(=O)c4ccc(C(=O)N(C)C)nc4)CCN32)c(C)c1C. The van der Waals surface area contributed by atoms with Crippen LogP contribution in [-0.2, 0) is 0 Å². The van der Waals surface area contributed by atoms with E-state index in [9.17, 15) is 9.59 Å². The molecule has 1 aromatic heterocycles. The summed E-state index contributed by atoms with van der Waals surface area (Å²) < 4.78 is 5.51. The molecule has 33 heavy (non-hydrogen) atoms. The van der Waals surface area contributed by atoms with Crippen LogP contribution in [0.5, 0.6) is 5.75 Å². The zero-order valence-electron chi connectivity index (χ0n) is 20.3. The Morgan fingerprint density at radius 3 is 2.52 bits per heavy atom. The molecule has 2 saturated heterocycles. The number of pyridine rings is 1. The monoisotopic (exact) mass is 450 g/mol. The molecule has 2 atom stereocenters. The fourth-order valence-electron chi connectivity index (χ4n) is 5.23. The quantitative estimate of drug-likeness (QED) is 0.714. The Bertz CT molecular complexity index is 1030. The smallest absolute Gasteiger partial charge is 0.271 e. The van der Waals surface area contributed by atoms with E-state index in [0.717, 1.165) is 38.1 Å². The van der Waals surface area contributed by atoms with Gasteiger partial charge in [-0.1, -0.05) is 6.07 Å². The standard InChI is InChI=1S/C26H34N4O3/c1-17-18(2)24(33-5)12-10-21(17)23-8-6-7-20-16-29(13-14-30(20)23)25(31)19-9-11-22(27-15-19)26(32)28(3)4/h9-12,15,20,23H,6-8,13-14,16H2,1-5H3/t20-,23+/m0/s1. The van der Waals surface area contributed by atoms with Crippen molar-refractivity contribution in [2.45, 2.75) is 45.2 Å². The van der Waals surface area contributed by atoms with Crippen molar-refractivity contribution in [1.29, 1.82) is 0 Å². The number of ether oxygens (including phenoxy) is 1. The van der Waals surface area contributed by atoms with Crippen LogP contribution in [0.1, 0.15) is 62.8 Å². The first-order valence-corrected chi connectivity index (χ1v) is 11.7. The lowest BCUT2D eigenvalue weighted by Crippen LogP contribution is -2.57. The summed E-state index contributed by atoms with van der Waals surface area (Å²) in [5.41, 5.74) is 4.77. The maximum atomic E-state index is 13.2. The molecule has 7 heteroatoms. The van der Waals surface area contributed by atoms with Gasteiger partial charge < -0.3 is 14.5 Å². The summed E-state index contributed by atoms with van der Waals surface area (Å²) >= 11 is 0. The number of carbonyl (C=O) groups is 2. The summed E-state index contributed by atoms with van der Waals surface area (Å²) in [6.45, 7) is 6.59. The number of piperazine rings is 1. The van der Waals surface area contributed by atoms with Crippen LogP contribution in [0, 0.1) is 13.8 Å². The van der Waals surface area contributed by atoms with Gasteiger partial charge in [-0.15, -0.1) is 0 Å². The maximum absolute atomic E-state index is 13.2. The minimum atomic E-state index is -0.167. The van der Waals surface area contributed by atoms with Crippen molar-refractivity contribution in [1.82, 2.24) is 19.7 Å². The molecule has 0 N–H and O–H groups in total. The Kier molecular flexibility index (Phi) is 6.70. The molecule has 2 amide bonds. The number of benzene rings is 1. The normalized spacial score (nSPS) is 20.8. The first-order chi connectivity index (χ1) is 15.8. The molecule has 1 aromatic carbocycles. The predicted octanol–water partition coefficient (Wildman–Crippen LogP) is 3.46. The molecule has 2 fully saturated rings. The molecule has 0 aliphatic carbocycles. The van der Waals surface area contributed by atoms with Crippen LogP contribution in [0.25, 0.3) is 0 Å². The van der Waals surface area contributed by atoms with E-state index >= 15 is 0 Å². The number of hydrogen-bond donors (Lipinski definition) is 0. The van der Waals surface area contributed by atoms with Crippen LogP contribution >= 0.6 is 0 Å². The number of aromatic nitrogens is 1. The van der Waals surface area contributed by atoms with Crippen molar-refractivity contribution in [2.24, 2.45) is 0 Å². The molecular formula is C26H34N4O3. The van der Waals surface area contributed by atoms with Gasteiger partial charge in [0.25, 0.3) is 11.8 Å². The third-order valence-electron chi connectivity index (χ3n) is 7.22. The zero-order chi connectivity index (χ0) is 23.7. The zero-order valence-corrected chi connectivity index (χ0v) is 20.3. The number of hydrogen-bond acceptors (Lipinski definition) is 5. The van der Waals surface area contributed by atoms with Gasteiger partial charge in [-0.25, -0.2) is 0 Å². The van der Waals surface area contributed by atoms with Crippen LogP contribution in [-0.4, -0.2) is 78.4 Å². The highest BCUT2D eigenvalue weighted by Gasteiger charge is 2.37. The average Bonchev–Trinajstić information content (AvgIpc) is 2.84. The van der Waals surface area contributed by atoms with Gasteiger partial charge in [-0.2, -0.15) is 0 Å². The number of nitrogens with zero attached hydrogens (tertiary/aromatic N) is 4. The lowest BCUT2D eigenvalue weighted by Gasteiger charge is -2.48. The van der Waals surface area contributed by atoms with Crippen LogP contribution in [0.15, 0.2) is 30.5 Å². The topological polar surface area (TPSA) is 66.0 Å². The molecule has 176 valence electrons. The number of amides is 2. The molecule has 4 rings (SSSR count). The first-order valence-electron chi connectivity index (χ1n) is 11.7. The van der Waals surface area contributed by atoms with E-state index in [1.807, 2.05) is 4.90 Å². The lowest BCUT2D eigenvalue weighted by atomic mass is 9.86. The molecule has 0 unspecified atom stereocenters. The van der Waals surface area contributed by atoms with E-state index in [1.54, 1.807) is 33.3 Å². The van der Waals surface area contributed by atoms with E-state index in [-0.39, 0.29) is 11.8 Å². The third-order valence-corrected chi connectivity index (χ3v) is 7.22. The minimum absolute atomic E-state index is 0.00963. The van der Waals surface area contributed by atoms with Crippen LogP contribution in [0.3, 0.4) is 0 Å². The number of fused-ring (bicyclic) bond motifs is 1. The second-order valence-electron chi connectivity index (χ2n) is 9.33. The molecular weight excluding hydrogens is 416 g/mol. The van der Waals surface area contributed by atoms with E-state index in [0.29, 0.717) is 29.9 Å². The van der Waals surface area contributed by atoms with E-state index in [2.05, 4.69) is 35.9 Å². The molecule has 2 aromatic rings. The van der Waals surface area contributed by atoms with Crippen LogP contribution < -0.4 is 4.74 Å². The van der Waals surface area contributed by atoms with E-state index in [1.165, 1.54) is 27.8 Å². The van der Waals surface area contributed by atoms with Crippen molar-refractivity contribution in [3.63, 3.8) is 0 Å². The van der Waals surface area contributed by atoms with Crippen LogP contribution in [0.4, 0.5) is 0 Å².